The monoisotopic (exact) mass is 240 g/mol. The average Bonchev–Trinajstić information content (AvgIpc) is 2.79. The molecule has 4 heteroatoms. The van der Waals surface area contributed by atoms with Crippen LogP contribution in [0.5, 0.6) is 0 Å². The summed E-state index contributed by atoms with van der Waals surface area (Å²) < 4.78 is 5.93. The third-order valence-electron chi connectivity index (χ3n) is 3.46. The Balaban J connectivity index is 2.03. The SMILES string of the molecule is CC1(C(Cc2ccsc2)NN)CCCCO1. The molecule has 16 heavy (non-hydrogen) atoms. The van der Waals surface area contributed by atoms with Crippen molar-refractivity contribution >= 4 is 11.3 Å². The van der Waals surface area contributed by atoms with Crippen LogP contribution in [0.3, 0.4) is 0 Å². The largest absolute Gasteiger partial charge is 0.374 e. The van der Waals surface area contributed by atoms with Gasteiger partial charge in [0, 0.05) is 6.61 Å². The van der Waals surface area contributed by atoms with Gasteiger partial charge in [-0.15, -0.1) is 0 Å². The number of nitrogens with two attached hydrogens (primary N) is 1. The minimum atomic E-state index is -0.116. The third-order valence-corrected chi connectivity index (χ3v) is 4.19. The van der Waals surface area contributed by atoms with Gasteiger partial charge >= 0.3 is 0 Å². The van der Waals surface area contributed by atoms with Crippen LogP contribution in [-0.4, -0.2) is 18.2 Å². The van der Waals surface area contributed by atoms with Crippen LogP contribution in [0.1, 0.15) is 31.7 Å². The van der Waals surface area contributed by atoms with E-state index < -0.39 is 0 Å². The van der Waals surface area contributed by atoms with Crippen LogP contribution in [0.15, 0.2) is 16.8 Å². The summed E-state index contributed by atoms with van der Waals surface area (Å²) in [6, 6.07) is 2.35. The first kappa shape index (κ1) is 12.0. The smallest absolute Gasteiger partial charge is 0.0823 e. The van der Waals surface area contributed by atoms with Crippen molar-refractivity contribution in [3.63, 3.8) is 0 Å². The highest BCUT2D eigenvalue weighted by Crippen LogP contribution is 2.29. The number of hydrogen-bond acceptors (Lipinski definition) is 4. The number of ether oxygens (including phenoxy) is 1. The summed E-state index contributed by atoms with van der Waals surface area (Å²) in [7, 11) is 0. The highest BCUT2D eigenvalue weighted by atomic mass is 32.1. The number of thiophene rings is 1. The van der Waals surface area contributed by atoms with E-state index in [0.29, 0.717) is 0 Å². The molecular formula is C12H20N2OS. The molecule has 1 aliphatic rings. The molecular weight excluding hydrogens is 220 g/mol. The summed E-state index contributed by atoms with van der Waals surface area (Å²) in [5.74, 6) is 5.68. The van der Waals surface area contributed by atoms with E-state index in [1.807, 2.05) is 0 Å². The van der Waals surface area contributed by atoms with Gasteiger partial charge in [-0.2, -0.15) is 11.3 Å². The molecule has 2 rings (SSSR count). The van der Waals surface area contributed by atoms with Gasteiger partial charge in [0.25, 0.3) is 0 Å². The molecule has 90 valence electrons. The molecule has 2 heterocycles. The highest BCUT2D eigenvalue weighted by Gasteiger charge is 2.36. The zero-order valence-electron chi connectivity index (χ0n) is 9.74. The van der Waals surface area contributed by atoms with Gasteiger partial charge in [0.05, 0.1) is 11.6 Å². The fourth-order valence-corrected chi connectivity index (χ4v) is 3.01. The molecule has 1 fully saturated rings. The van der Waals surface area contributed by atoms with Gasteiger partial charge < -0.3 is 4.74 Å². The van der Waals surface area contributed by atoms with Gasteiger partial charge in [0.2, 0.25) is 0 Å². The van der Waals surface area contributed by atoms with E-state index in [-0.39, 0.29) is 11.6 Å². The molecule has 0 amide bonds. The second-order valence-corrected chi connectivity index (χ2v) is 5.45. The Labute approximate surface area is 101 Å². The van der Waals surface area contributed by atoms with Crippen molar-refractivity contribution in [1.82, 2.24) is 5.43 Å². The lowest BCUT2D eigenvalue weighted by molar-refractivity contribution is -0.0884. The molecule has 2 unspecified atom stereocenters. The standard InChI is InChI=1S/C12H20N2OS/c1-12(5-2-3-6-15-12)11(14-13)8-10-4-7-16-9-10/h4,7,9,11,14H,2-3,5-6,8,13H2,1H3. The number of nitrogens with one attached hydrogen (secondary N) is 1. The summed E-state index contributed by atoms with van der Waals surface area (Å²) in [5.41, 5.74) is 4.15. The van der Waals surface area contributed by atoms with Gasteiger partial charge in [0.1, 0.15) is 0 Å². The quantitative estimate of drug-likeness (QED) is 0.626. The van der Waals surface area contributed by atoms with E-state index >= 15 is 0 Å². The Morgan fingerprint density at radius 1 is 1.62 bits per heavy atom. The Morgan fingerprint density at radius 3 is 3.06 bits per heavy atom. The van der Waals surface area contributed by atoms with E-state index in [4.69, 9.17) is 10.6 Å². The van der Waals surface area contributed by atoms with E-state index in [2.05, 4.69) is 29.2 Å². The molecule has 3 nitrogen and oxygen atoms in total. The lowest BCUT2D eigenvalue weighted by Crippen LogP contribution is -2.55. The zero-order valence-corrected chi connectivity index (χ0v) is 10.6. The first-order chi connectivity index (χ1) is 7.74. The number of rotatable bonds is 4. The predicted molar refractivity (Wildman–Crippen MR) is 67.3 cm³/mol. The summed E-state index contributed by atoms with van der Waals surface area (Å²) in [4.78, 5) is 0. The first-order valence-electron chi connectivity index (χ1n) is 5.86. The van der Waals surface area contributed by atoms with Crippen LogP contribution < -0.4 is 11.3 Å². The molecule has 0 saturated carbocycles. The molecule has 0 radical (unpaired) electrons. The van der Waals surface area contributed by atoms with Crippen molar-refractivity contribution in [2.24, 2.45) is 5.84 Å². The first-order valence-corrected chi connectivity index (χ1v) is 6.80. The van der Waals surface area contributed by atoms with Crippen LogP contribution in [0, 0.1) is 0 Å². The van der Waals surface area contributed by atoms with E-state index in [1.54, 1.807) is 11.3 Å². The maximum Gasteiger partial charge on any atom is 0.0823 e. The molecule has 1 aromatic rings. The van der Waals surface area contributed by atoms with Crippen LogP contribution in [-0.2, 0) is 11.2 Å². The van der Waals surface area contributed by atoms with Crippen molar-refractivity contribution in [3.8, 4) is 0 Å². The third kappa shape index (κ3) is 2.63. The fourth-order valence-electron chi connectivity index (χ4n) is 2.33. The normalized spacial score (nSPS) is 27.9. The van der Waals surface area contributed by atoms with Crippen LogP contribution >= 0.6 is 11.3 Å². The Hall–Kier alpha value is -0.420. The van der Waals surface area contributed by atoms with Gasteiger partial charge in [-0.25, -0.2) is 0 Å². The Kier molecular flexibility index (Phi) is 3.97. The van der Waals surface area contributed by atoms with Gasteiger partial charge in [-0.05, 0) is 55.0 Å². The van der Waals surface area contributed by atoms with Crippen molar-refractivity contribution in [2.45, 2.75) is 44.2 Å². The molecule has 0 aliphatic carbocycles. The fraction of sp³-hybridized carbons (Fsp3) is 0.667. The molecule has 2 atom stereocenters. The van der Waals surface area contributed by atoms with E-state index in [0.717, 1.165) is 19.4 Å². The Morgan fingerprint density at radius 2 is 2.50 bits per heavy atom. The zero-order chi connectivity index (χ0) is 11.4. The molecule has 0 spiro atoms. The number of hydrazine groups is 1. The lowest BCUT2D eigenvalue weighted by atomic mass is 9.85. The second-order valence-electron chi connectivity index (χ2n) is 4.67. The molecule has 0 bridgehead atoms. The second kappa shape index (κ2) is 5.27. The number of hydrogen-bond donors (Lipinski definition) is 2. The molecule has 1 saturated heterocycles. The van der Waals surface area contributed by atoms with E-state index in [1.165, 1.54) is 18.4 Å². The predicted octanol–water partition coefficient (Wildman–Crippen LogP) is 2.08. The molecule has 1 aliphatic heterocycles. The highest BCUT2D eigenvalue weighted by molar-refractivity contribution is 7.07. The summed E-state index contributed by atoms with van der Waals surface area (Å²) in [6.07, 6.45) is 4.44. The van der Waals surface area contributed by atoms with Gasteiger partial charge in [-0.3, -0.25) is 11.3 Å². The van der Waals surface area contributed by atoms with Gasteiger partial charge in [-0.1, -0.05) is 0 Å². The molecule has 3 N–H and O–H groups in total. The van der Waals surface area contributed by atoms with Crippen LogP contribution in [0.4, 0.5) is 0 Å². The van der Waals surface area contributed by atoms with Crippen molar-refractivity contribution in [3.05, 3.63) is 22.4 Å². The van der Waals surface area contributed by atoms with Crippen molar-refractivity contribution in [2.75, 3.05) is 6.61 Å². The minimum absolute atomic E-state index is 0.116. The van der Waals surface area contributed by atoms with Gasteiger partial charge in [0.15, 0.2) is 0 Å². The summed E-state index contributed by atoms with van der Waals surface area (Å²) in [5, 5.41) is 4.28. The summed E-state index contributed by atoms with van der Waals surface area (Å²) in [6.45, 7) is 3.03. The lowest BCUT2D eigenvalue weighted by Gasteiger charge is -2.40. The maximum atomic E-state index is 5.93. The molecule has 1 aromatic heterocycles. The van der Waals surface area contributed by atoms with Crippen molar-refractivity contribution in [1.29, 1.82) is 0 Å². The molecule has 0 aromatic carbocycles. The van der Waals surface area contributed by atoms with E-state index in [9.17, 15) is 0 Å². The van der Waals surface area contributed by atoms with Crippen LogP contribution in [0.2, 0.25) is 0 Å². The van der Waals surface area contributed by atoms with Crippen molar-refractivity contribution < 1.29 is 4.74 Å². The maximum absolute atomic E-state index is 5.93. The average molecular weight is 240 g/mol. The Bertz CT molecular complexity index is 307. The van der Waals surface area contributed by atoms with Crippen LogP contribution in [0.25, 0.3) is 0 Å². The minimum Gasteiger partial charge on any atom is -0.374 e. The summed E-state index contributed by atoms with van der Waals surface area (Å²) >= 11 is 1.73. The topological polar surface area (TPSA) is 47.3 Å².